The van der Waals surface area contributed by atoms with Crippen molar-refractivity contribution in [2.45, 2.75) is 19.5 Å². The van der Waals surface area contributed by atoms with Gasteiger partial charge in [0.15, 0.2) is 11.6 Å². The molecule has 0 fully saturated rings. The van der Waals surface area contributed by atoms with Gasteiger partial charge in [0.05, 0.1) is 48.4 Å². The predicted molar refractivity (Wildman–Crippen MR) is 162 cm³/mol. The zero-order valence-corrected chi connectivity index (χ0v) is 24.5. The maximum absolute atomic E-state index is 13.7. The van der Waals surface area contributed by atoms with Crippen molar-refractivity contribution in [2.75, 3.05) is 19.0 Å². The van der Waals surface area contributed by atoms with Crippen LogP contribution in [0.25, 0.3) is 33.7 Å². The number of methoxy groups -OCH3 is 1. The first-order valence-corrected chi connectivity index (χ1v) is 13.4. The highest BCUT2D eigenvalue weighted by Gasteiger charge is 2.31. The Balaban J connectivity index is 0.00000113. The first kappa shape index (κ1) is 32.7. The monoisotopic (exact) mass is 632 g/mol. The van der Waals surface area contributed by atoms with E-state index in [-0.39, 0.29) is 36.1 Å². The highest BCUT2D eigenvalue weighted by atomic mass is 19.4. The maximum Gasteiger partial charge on any atom is 0.416 e. The number of pyridine rings is 1. The number of halogens is 3. The number of fused-ring (bicyclic) bond motifs is 1. The Labute approximate surface area is 259 Å². The third kappa shape index (κ3) is 7.45. The topological polar surface area (TPSA) is 192 Å². The van der Waals surface area contributed by atoms with Gasteiger partial charge in [-0.15, -0.1) is 5.10 Å². The molecular weight excluding hydrogens is 605 g/mol. The molecule has 16 heteroatoms. The highest BCUT2D eigenvalue weighted by molar-refractivity contribution is 5.91. The number of aliphatic imine (C=N–C) groups is 1. The first-order valence-electron chi connectivity index (χ1n) is 13.4. The van der Waals surface area contributed by atoms with Crippen LogP contribution in [0.15, 0.2) is 72.0 Å². The molecule has 0 saturated heterocycles. The molecule has 0 radical (unpaired) electrons. The Kier molecular flexibility index (Phi) is 9.96. The number of aromatic nitrogens is 5. The van der Waals surface area contributed by atoms with Gasteiger partial charge in [-0.1, -0.05) is 12.1 Å². The number of hydrogen-bond donors (Lipinski definition) is 3. The van der Waals surface area contributed by atoms with Crippen LogP contribution in [0.3, 0.4) is 0 Å². The summed E-state index contributed by atoms with van der Waals surface area (Å²) in [5.41, 5.74) is 13.6. The lowest BCUT2D eigenvalue weighted by Gasteiger charge is -2.16. The van der Waals surface area contributed by atoms with Crippen molar-refractivity contribution in [3.63, 3.8) is 0 Å². The molecule has 5 rings (SSSR count). The lowest BCUT2D eigenvalue weighted by Crippen LogP contribution is -2.23. The zero-order valence-electron chi connectivity index (χ0n) is 24.5. The fourth-order valence-corrected chi connectivity index (χ4v) is 4.48. The van der Waals surface area contributed by atoms with Crippen molar-refractivity contribution >= 4 is 29.9 Å². The van der Waals surface area contributed by atoms with E-state index in [2.05, 4.69) is 36.3 Å². The van der Waals surface area contributed by atoms with Gasteiger partial charge < -0.3 is 16.2 Å². The summed E-state index contributed by atoms with van der Waals surface area (Å²) in [5.74, 6) is -0.648. The summed E-state index contributed by atoms with van der Waals surface area (Å²) in [6.07, 6.45) is -1.35. The number of ether oxygens (including phenoxy) is 1. The van der Waals surface area contributed by atoms with Crippen molar-refractivity contribution < 1.29 is 27.5 Å². The third-order valence-electron chi connectivity index (χ3n) is 6.50. The SMILES string of the molecule is COC=O.Cc1c(-c2ccnn2-c2ccc(C#N)cc2)cn2nc(NC(=O)CCN=C(N)N)nc2c1-c1cccc(C(F)(F)F)c1. The number of guanidine groups is 1. The number of nitriles is 1. The summed E-state index contributed by atoms with van der Waals surface area (Å²) in [7, 11) is 1.31. The van der Waals surface area contributed by atoms with E-state index in [1.54, 1.807) is 60.4 Å². The summed E-state index contributed by atoms with van der Waals surface area (Å²) in [6.45, 7) is 2.20. The summed E-state index contributed by atoms with van der Waals surface area (Å²) in [5, 5.41) is 20.6. The molecule has 5 N–H and O–H groups in total. The molecule has 236 valence electrons. The smallest absolute Gasteiger partial charge is 0.416 e. The molecule has 0 aliphatic rings. The second kappa shape index (κ2) is 14.0. The number of rotatable bonds is 8. The van der Waals surface area contributed by atoms with Crippen molar-refractivity contribution in [1.82, 2.24) is 24.4 Å². The molecule has 0 unspecified atom stereocenters. The third-order valence-corrected chi connectivity index (χ3v) is 6.50. The number of benzene rings is 2. The van der Waals surface area contributed by atoms with E-state index < -0.39 is 17.6 Å². The van der Waals surface area contributed by atoms with Gasteiger partial charge in [0.1, 0.15) is 0 Å². The van der Waals surface area contributed by atoms with Crippen LogP contribution in [-0.2, 0) is 20.5 Å². The lowest BCUT2D eigenvalue weighted by molar-refractivity contribution is -0.137. The van der Waals surface area contributed by atoms with Crippen molar-refractivity contribution in [3.05, 3.63) is 83.7 Å². The first-order chi connectivity index (χ1) is 22.0. The summed E-state index contributed by atoms with van der Waals surface area (Å²) < 4.78 is 47.9. The number of hydrogen-bond acceptors (Lipinski definition) is 8. The molecule has 0 bridgehead atoms. The minimum atomic E-state index is -4.56. The standard InChI is InChI=1S/C28H23F3N10O.C2H4O2/c1-16-21(22-9-12-36-41(22)20-7-5-17(14-32)6-8-20)15-40-25(24(16)18-3-2-4-19(13-18)28(29,30)31)38-27(39-40)37-23(42)10-11-35-26(33)34;1-4-2-3/h2-9,12-13,15H,10-11H2,1H3,(H4,33,34,35)(H,37,39,42);2H,1H3. The number of anilines is 1. The molecule has 0 saturated carbocycles. The van der Waals surface area contributed by atoms with E-state index in [1.165, 1.54) is 17.7 Å². The Morgan fingerprint density at radius 2 is 1.89 bits per heavy atom. The van der Waals surface area contributed by atoms with Crippen LogP contribution < -0.4 is 16.8 Å². The molecule has 5 aromatic rings. The van der Waals surface area contributed by atoms with E-state index in [0.29, 0.717) is 40.1 Å². The number of nitrogens with zero attached hydrogens (tertiary/aromatic N) is 7. The summed E-state index contributed by atoms with van der Waals surface area (Å²) >= 11 is 0. The van der Waals surface area contributed by atoms with Gasteiger partial charge in [0, 0.05) is 23.7 Å². The molecule has 0 aliphatic carbocycles. The Morgan fingerprint density at radius 1 is 1.17 bits per heavy atom. The fourth-order valence-electron chi connectivity index (χ4n) is 4.48. The number of amides is 1. The molecule has 46 heavy (non-hydrogen) atoms. The van der Waals surface area contributed by atoms with Crippen molar-refractivity contribution in [1.29, 1.82) is 5.26 Å². The number of nitrogens with one attached hydrogen (secondary N) is 1. The highest BCUT2D eigenvalue weighted by Crippen LogP contribution is 2.38. The lowest BCUT2D eigenvalue weighted by atomic mass is 9.95. The Morgan fingerprint density at radius 3 is 2.52 bits per heavy atom. The second-order valence-electron chi connectivity index (χ2n) is 9.55. The van der Waals surface area contributed by atoms with Gasteiger partial charge in [-0.05, 0) is 60.5 Å². The largest absolute Gasteiger partial charge is 0.471 e. The van der Waals surface area contributed by atoms with Gasteiger partial charge in [-0.3, -0.25) is 19.9 Å². The molecule has 1 amide bonds. The number of alkyl halides is 3. The summed E-state index contributed by atoms with van der Waals surface area (Å²) in [6, 6.07) is 15.5. The van der Waals surface area contributed by atoms with Crippen molar-refractivity contribution in [2.24, 2.45) is 16.5 Å². The van der Waals surface area contributed by atoms with Crippen LogP contribution in [-0.4, -0.2) is 56.4 Å². The average Bonchev–Trinajstić information content (AvgIpc) is 3.67. The van der Waals surface area contributed by atoms with Crippen LogP contribution in [0.5, 0.6) is 0 Å². The molecule has 0 atom stereocenters. The predicted octanol–water partition coefficient (Wildman–Crippen LogP) is 3.84. The van der Waals surface area contributed by atoms with Gasteiger partial charge in [-0.2, -0.15) is 28.5 Å². The molecule has 3 aromatic heterocycles. The molecule has 0 spiro atoms. The second-order valence-corrected chi connectivity index (χ2v) is 9.55. The minimum absolute atomic E-state index is 0.0397. The molecular formula is C30H27F3N10O3. The van der Waals surface area contributed by atoms with Crippen LogP contribution in [0.1, 0.15) is 23.1 Å². The Hall–Kier alpha value is -6.24. The van der Waals surface area contributed by atoms with E-state index >= 15 is 0 Å². The number of carbonyl (C=O) groups is 2. The number of carbonyl (C=O) groups excluding carboxylic acids is 2. The zero-order chi connectivity index (χ0) is 33.4. The van der Waals surface area contributed by atoms with E-state index in [1.807, 2.05) is 0 Å². The number of nitrogens with two attached hydrogens (primary N) is 2. The summed E-state index contributed by atoms with van der Waals surface area (Å²) in [4.78, 5) is 29.6. The van der Waals surface area contributed by atoms with Gasteiger partial charge in [-0.25, -0.2) is 9.20 Å². The maximum atomic E-state index is 13.7. The van der Waals surface area contributed by atoms with Crippen molar-refractivity contribution in [3.8, 4) is 34.1 Å². The van der Waals surface area contributed by atoms with Gasteiger partial charge in [0.25, 0.3) is 6.47 Å². The molecule has 13 nitrogen and oxygen atoms in total. The van der Waals surface area contributed by atoms with Crippen LogP contribution in [0.4, 0.5) is 19.1 Å². The molecule has 3 heterocycles. The van der Waals surface area contributed by atoms with E-state index in [0.717, 1.165) is 12.1 Å². The minimum Gasteiger partial charge on any atom is -0.471 e. The van der Waals surface area contributed by atoms with Crippen LogP contribution in [0, 0.1) is 18.3 Å². The Bertz CT molecular complexity index is 1940. The van der Waals surface area contributed by atoms with Crippen LogP contribution >= 0.6 is 0 Å². The quantitative estimate of drug-likeness (QED) is 0.130. The van der Waals surface area contributed by atoms with E-state index in [9.17, 15) is 18.0 Å². The van der Waals surface area contributed by atoms with Crippen LogP contribution in [0.2, 0.25) is 0 Å². The van der Waals surface area contributed by atoms with Gasteiger partial charge >= 0.3 is 6.18 Å². The normalized spacial score (nSPS) is 10.8. The van der Waals surface area contributed by atoms with Gasteiger partial charge in [0.2, 0.25) is 11.9 Å². The molecule has 2 aromatic carbocycles. The van der Waals surface area contributed by atoms with E-state index in [4.69, 9.17) is 21.5 Å². The average molecular weight is 633 g/mol. The molecule has 0 aliphatic heterocycles. The fraction of sp³-hybridized carbons (Fsp3) is 0.167.